The number of nitrogens with zero attached hydrogens (tertiary/aromatic N) is 2. The highest BCUT2D eigenvalue weighted by molar-refractivity contribution is 5.95. The summed E-state index contributed by atoms with van der Waals surface area (Å²) in [6, 6.07) is 16.6. The van der Waals surface area contributed by atoms with Gasteiger partial charge in [0.25, 0.3) is 0 Å². The molecule has 1 saturated heterocycles. The molecule has 1 aliphatic rings. The zero-order chi connectivity index (χ0) is 29.6. The average Bonchev–Trinajstić information content (AvgIpc) is 3.48. The van der Waals surface area contributed by atoms with Crippen LogP contribution >= 0.6 is 0 Å². The number of ether oxygens (including phenoxy) is 1. The lowest BCUT2D eigenvalue weighted by Gasteiger charge is -2.29. The molecule has 0 radical (unpaired) electrons. The van der Waals surface area contributed by atoms with Gasteiger partial charge in [0.15, 0.2) is 17.5 Å². The number of halogens is 1. The van der Waals surface area contributed by atoms with Crippen molar-refractivity contribution in [2.75, 3.05) is 19.8 Å². The van der Waals surface area contributed by atoms with Crippen LogP contribution in [0.2, 0.25) is 0 Å². The lowest BCUT2D eigenvalue weighted by molar-refractivity contribution is -0.140. The maximum atomic E-state index is 13.8. The standard InChI is InChI=1S/C30H38FN5O5/c31-19-27(38)23(13-7-15-34-29(32)33)18-26(37)25-14-8-16-36(25)28(39)24(17-21-9-3-1-4-10-21)35-30(40)41-20-22-11-5-2-6-12-22/h1-6,9-12,23-25H,7-8,13-20H2,(H,35,40)(H4,32,33,34)/t23-,24+,25+/m1/s1. The summed E-state index contributed by atoms with van der Waals surface area (Å²) in [7, 11) is 0. The van der Waals surface area contributed by atoms with Gasteiger partial charge >= 0.3 is 6.09 Å². The second-order valence-electron chi connectivity index (χ2n) is 10.1. The number of alkyl carbamates (subject to hydrolysis) is 1. The number of amides is 2. The molecule has 5 N–H and O–H groups in total. The van der Waals surface area contributed by atoms with Crippen molar-refractivity contribution >= 4 is 29.5 Å². The lowest BCUT2D eigenvalue weighted by atomic mass is 9.90. The van der Waals surface area contributed by atoms with Gasteiger partial charge in [0.2, 0.25) is 5.91 Å². The summed E-state index contributed by atoms with van der Waals surface area (Å²) in [6.45, 7) is -0.556. The first-order valence-corrected chi connectivity index (χ1v) is 13.8. The minimum atomic E-state index is -1.18. The van der Waals surface area contributed by atoms with Crippen LogP contribution in [0.25, 0.3) is 0 Å². The van der Waals surface area contributed by atoms with Gasteiger partial charge in [-0.1, -0.05) is 60.7 Å². The van der Waals surface area contributed by atoms with Crippen LogP contribution < -0.4 is 16.8 Å². The average molecular weight is 568 g/mol. The Labute approximate surface area is 239 Å². The number of hydrogen-bond donors (Lipinski definition) is 3. The van der Waals surface area contributed by atoms with E-state index in [1.54, 1.807) is 0 Å². The number of hydrogen-bond acceptors (Lipinski definition) is 6. The maximum Gasteiger partial charge on any atom is 0.408 e. The highest BCUT2D eigenvalue weighted by Gasteiger charge is 2.38. The molecule has 1 aliphatic heterocycles. The molecule has 41 heavy (non-hydrogen) atoms. The Morgan fingerprint density at radius 2 is 1.68 bits per heavy atom. The number of carbonyl (C=O) groups excluding carboxylic acids is 4. The zero-order valence-electron chi connectivity index (χ0n) is 23.0. The molecule has 10 nitrogen and oxygen atoms in total. The zero-order valence-corrected chi connectivity index (χ0v) is 23.0. The largest absolute Gasteiger partial charge is 0.445 e. The number of guanidine groups is 1. The highest BCUT2D eigenvalue weighted by atomic mass is 19.1. The fourth-order valence-electron chi connectivity index (χ4n) is 4.93. The predicted octanol–water partition coefficient (Wildman–Crippen LogP) is 2.68. The second-order valence-corrected chi connectivity index (χ2v) is 10.1. The minimum Gasteiger partial charge on any atom is -0.445 e. The molecule has 0 spiro atoms. The fraction of sp³-hybridized carbons (Fsp3) is 0.433. The van der Waals surface area contributed by atoms with Crippen LogP contribution in [0, 0.1) is 5.92 Å². The molecule has 1 fully saturated rings. The molecule has 220 valence electrons. The molecule has 0 unspecified atom stereocenters. The Morgan fingerprint density at radius 3 is 2.32 bits per heavy atom. The van der Waals surface area contributed by atoms with E-state index in [4.69, 9.17) is 16.2 Å². The smallest absolute Gasteiger partial charge is 0.408 e. The van der Waals surface area contributed by atoms with Gasteiger partial charge in [-0.2, -0.15) is 0 Å². The number of ketones is 2. The van der Waals surface area contributed by atoms with Gasteiger partial charge in [-0.15, -0.1) is 0 Å². The number of Topliss-reactive ketones (excluding diaryl/α,β-unsaturated/α-hetero) is 2. The highest BCUT2D eigenvalue weighted by Crippen LogP contribution is 2.24. The van der Waals surface area contributed by atoms with E-state index in [-0.39, 0.29) is 44.2 Å². The van der Waals surface area contributed by atoms with E-state index in [1.807, 2.05) is 60.7 Å². The van der Waals surface area contributed by atoms with Crippen molar-refractivity contribution < 1.29 is 28.3 Å². The molecule has 2 aromatic rings. The molecule has 0 bridgehead atoms. The third-order valence-corrected chi connectivity index (χ3v) is 7.03. The summed E-state index contributed by atoms with van der Waals surface area (Å²) in [6.07, 6.45) is 0.927. The fourth-order valence-corrected chi connectivity index (χ4v) is 4.93. The monoisotopic (exact) mass is 567 g/mol. The van der Waals surface area contributed by atoms with E-state index < -0.39 is 42.5 Å². The molecule has 0 aliphatic carbocycles. The number of nitrogens with one attached hydrogen (secondary N) is 1. The van der Waals surface area contributed by atoms with Crippen molar-refractivity contribution in [3.63, 3.8) is 0 Å². The van der Waals surface area contributed by atoms with Crippen LogP contribution in [0.3, 0.4) is 0 Å². The molecule has 11 heteroatoms. The summed E-state index contributed by atoms with van der Waals surface area (Å²) in [5.41, 5.74) is 12.3. The van der Waals surface area contributed by atoms with Gasteiger partial charge < -0.3 is 26.4 Å². The number of rotatable bonds is 15. The van der Waals surface area contributed by atoms with Crippen molar-refractivity contribution in [2.24, 2.45) is 22.4 Å². The van der Waals surface area contributed by atoms with Crippen molar-refractivity contribution in [1.29, 1.82) is 0 Å². The first kappa shape index (κ1) is 31.3. The summed E-state index contributed by atoms with van der Waals surface area (Å²) in [4.78, 5) is 57.4. The number of carbonyl (C=O) groups is 4. The van der Waals surface area contributed by atoms with Crippen molar-refractivity contribution in [3.8, 4) is 0 Å². The maximum absolute atomic E-state index is 13.8. The van der Waals surface area contributed by atoms with Crippen molar-refractivity contribution in [3.05, 3.63) is 71.8 Å². The minimum absolute atomic E-state index is 0.0386. The summed E-state index contributed by atoms with van der Waals surface area (Å²) in [5, 5.41) is 2.68. The van der Waals surface area contributed by atoms with Gasteiger partial charge in [-0.25, -0.2) is 9.18 Å². The molecule has 0 saturated carbocycles. The van der Waals surface area contributed by atoms with Gasteiger partial charge in [0.05, 0.1) is 6.04 Å². The normalized spacial score (nSPS) is 15.9. The van der Waals surface area contributed by atoms with Gasteiger partial charge in [0.1, 0.15) is 19.3 Å². The summed E-state index contributed by atoms with van der Waals surface area (Å²) in [5.74, 6) is -2.30. The van der Waals surface area contributed by atoms with E-state index >= 15 is 0 Å². The number of benzene rings is 2. The second kappa shape index (κ2) is 16.1. The van der Waals surface area contributed by atoms with Crippen LogP contribution in [0.5, 0.6) is 0 Å². The Morgan fingerprint density at radius 1 is 1.02 bits per heavy atom. The van der Waals surface area contributed by atoms with Crippen molar-refractivity contribution in [1.82, 2.24) is 10.2 Å². The van der Waals surface area contributed by atoms with Gasteiger partial charge in [-0.3, -0.25) is 19.4 Å². The summed E-state index contributed by atoms with van der Waals surface area (Å²) < 4.78 is 18.6. The van der Waals surface area contributed by atoms with E-state index in [1.165, 1.54) is 4.90 Å². The van der Waals surface area contributed by atoms with Gasteiger partial charge in [0, 0.05) is 31.8 Å². The number of nitrogens with two attached hydrogens (primary N) is 2. The van der Waals surface area contributed by atoms with E-state index in [9.17, 15) is 23.6 Å². The third kappa shape index (κ3) is 10.0. The predicted molar refractivity (Wildman–Crippen MR) is 152 cm³/mol. The number of alkyl halides is 1. The van der Waals surface area contributed by atoms with E-state index in [0.29, 0.717) is 25.8 Å². The lowest BCUT2D eigenvalue weighted by Crippen LogP contribution is -2.52. The third-order valence-electron chi connectivity index (χ3n) is 7.03. The quantitative estimate of drug-likeness (QED) is 0.170. The molecule has 2 aromatic carbocycles. The summed E-state index contributed by atoms with van der Waals surface area (Å²) >= 11 is 0. The van der Waals surface area contributed by atoms with E-state index in [2.05, 4.69) is 10.3 Å². The van der Waals surface area contributed by atoms with Crippen LogP contribution in [-0.4, -0.2) is 66.3 Å². The van der Waals surface area contributed by atoms with Crippen molar-refractivity contribution in [2.45, 2.75) is 57.2 Å². The molecule has 3 rings (SSSR count). The van der Waals surface area contributed by atoms with E-state index in [0.717, 1.165) is 11.1 Å². The van der Waals surface area contributed by atoms with Crippen LogP contribution in [0.15, 0.2) is 65.7 Å². The Kier molecular flexibility index (Phi) is 12.3. The molecule has 0 aromatic heterocycles. The van der Waals surface area contributed by atoms with Crippen LogP contribution in [0.1, 0.15) is 43.2 Å². The van der Waals surface area contributed by atoms with Crippen LogP contribution in [0.4, 0.5) is 9.18 Å². The molecular weight excluding hydrogens is 529 g/mol. The molecule has 2 amide bonds. The molecule has 1 heterocycles. The Balaban J connectivity index is 1.69. The number of likely N-dealkylation sites (tertiary alicyclic amines) is 1. The van der Waals surface area contributed by atoms with Gasteiger partial charge in [-0.05, 0) is 36.8 Å². The Bertz CT molecular complexity index is 1190. The molecule has 3 atom stereocenters. The number of aliphatic imine (C=N–C) groups is 1. The first-order valence-electron chi connectivity index (χ1n) is 13.8. The SMILES string of the molecule is NC(N)=NCCC[C@H](CC(=O)[C@@H]1CCCN1C(=O)[C@H](Cc1ccccc1)NC(=O)OCc1ccccc1)C(=O)CF. The first-order chi connectivity index (χ1) is 19.8. The topological polar surface area (TPSA) is 157 Å². The van der Waals surface area contributed by atoms with Crippen LogP contribution in [-0.2, 0) is 32.1 Å². The Hall–Kier alpha value is -4.28. The molecular formula is C30H38FN5O5.